The van der Waals surface area contributed by atoms with Gasteiger partial charge in [-0.3, -0.25) is 29.4 Å². The zero-order valence-corrected chi connectivity index (χ0v) is 23.1. The van der Waals surface area contributed by atoms with Gasteiger partial charge in [0.2, 0.25) is 11.8 Å². The number of piperazine rings is 1. The van der Waals surface area contributed by atoms with Crippen LogP contribution >= 0.6 is 0 Å². The molecule has 0 radical (unpaired) electrons. The number of nitrogens with one attached hydrogen (secondary N) is 2. The van der Waals surface area contributed by atoms with Gasteiger partial charge in [0.05, 0.1) is 13.5 Å². The number of aliphatic carboxylic acids is 1. The van der Waals surface area contributed by atoms with Crippen LogP contribution in [0.5, 0.6) is 5.75 Å². The lowest BCUT2D eigenvalue weighted by Gasteiger charge is -2.41. The van der Waals surface area contributed by atoms with Gasteiger partial charge in [0.1, 0.15) is 36.8 Å². The van der Waals surface area contributed by atoms with Crippen molar-refractivity contribution in [1.29, 1.82) is 5.41 Å². The third kappa shape index (κ3) is 8.16. The van der Waals surface area contributed by atoms with Crippen molar-refractivity contribution in [1.82, 2.24) is 15.1 Å². The molecule has 0 unspecified atom stereocenters. The minimum atomic E-state index is -1.32. The third-order valence-electron chi connectivity index (χ3n) is 6.57. The molecule has 0 aliphatic carbocycles. The molecule has 3 amide bonds. The van der Waals surface area contributed by atoms with Gasteiger partial charge in [-0.05, 0) is 29.8 Å². The van der Waals surface area contributed by atoms with Crippen LogP contribution in [-0.2, 0) is 30.3 Å². The molecule has 3 rings (SSSR count). The van der Waals surface area contributed by atoms with E-state index in [1.807, 2.05) is 0 Å². The maximum atomic E-state index is 14.0. The van der Waals surface area contributed by atoms with E-state index in [0.29, 0.717) is 23.5 Å². The highest BCUT2D eigenvalue weighted by Gasteiger charge is 2.41. The summed E-state index contributed by atoms with van der Waals surface area (Å²) in [5.74, 6) is -3.52. The van der Waals surface area contributed by atoms with Crippen molar-refractivity contribution >= 4 is 35.5 Å². The van der Waals surface area contributed by atoms with Crippen LogP contribution in [0.3, 0.4) is 0 Å². The van der Waals surface area contributed by atoms with Crippen molar-refractivity contribution in [2.24, 2.45) is 5.73 Å². The molecule has 13 heteroatoms. The number of esters is 1. The molecule has 0 saturated carbocycles. The first-order chi connectivity index (χ1) is 20.0. The number of hydrogen-bond acceptors (Lipinski definition) is 8. The van der Waals surface area contributed by atoms with Gasteiger partial charge in [-0.15, -0.1) is 0 Å². The van der Waals surface area contributed by atoms with Crippen LogP contribution in [0.15, 0.2) is 61.2 Å². The number of amides is 3. The Labute approximate surface area is 242 Å². The Morgan fingerprint density at radius 2 is 1.76 bits per heavy atom. The van der Waals surface area contributed by atoms with Gasteiger partial charge in [0.25, 0.3) is 5.91 Å². The molecule has 1 aliphatic rings. The number of ether oxygens (including phenoxy) is 2. The van der Waals surface area contributed by atoms with Gasteiger partial charge < -0.3 is 35.4 Å². The van der Waals surface area contributed by atoms with Crippen LogP contribution in [0, 0.1) is 5.41 Å². The van der Waals surface area contributed by atoms with Crippen LogP contribution in [0.1, 0.15) is 27.9 Å². The zero-order chi connectivity index (χ0) is 30.8. The highest BCUT2D eigenvalue weighted by Crippen LogP contribution is 2.20. The molecular formula is C29H33N5O8. The highest BCUT2D eigenvalue weighted by atomic mass is 16.5. The van der Waals surface area contributed by atoms with Crippen molar-refractivity contribution in [3.63, 3.8) is 0 Å². The number of nitrogen functional groups attached to an aromatic ring is 1. The number of carbonyl (C=O) groups is 5. The van der Waals surface area contributed by atoms with Crippen LogP contribution in [-0.4, -0.2) is 95.8 Å². The first kappa shape index (κ1) is 31.3. The van der Waals surface area contributed by atoms with E-state index in [0.717, 1.165) is 12.0 Å². The summed E-state index contributed by atoms with van der Waals surface area (Å²) in [6.07, 6.45) is 1.15. The van der Waals surface area contributed by atoms with Crippen LogP contribution < -0.4 is 15.8 Å². The summed E-state index contributed by atoms with van der Waals surface area (Å²) in [5.41, 5.74) is 6.79. The number of benzene rings is 2. The zero-order valence-electron chi connectivity index (χ0n) is 23.1. The Hall–Kier alpha value is -5.20. The number of nitrogens with zero attached hydrogens (tertiary/aromatic N) is 2. The fourth-order valence-corrected chi connectivity index (χ4v) is 4.42. The quantitative estimate of drug-likeness (QED) is 0.114. The lowest BCUT2D eigenvalue weighted by molar-refractivity contribution is -0.159. The fourth-order valence-electron chi connectivity index (χ4n) is 4.42. The molecule has 2 atom stereocenters. The molecule has 0 bridgehead atoms. The van der Waals surface area contributed by atoms with Crippen molar-refractivity contribution in [3.8, 4) is 5.75 Å². The Kier molecular flexibility index (Phi) is 10.8. The van der Waals surface area contributed by atoms with E-state index in [9.17, 15) is 29.1 Å². The Bertz CT molecular complexity index is 1340. The summed E-state index contributed by atoms with van der Waals surface area (Å²) in [6.45, 7) is 3.19. The lowest BCUT2D eigenvalue weighted by Crippen LogP contribution is -2.63. The second-order valence-corrected chi connectivity index (χ2v) is 9.45. The number of methoxy groups -OCH3 is 1. The Morgan fingerprint density at radius 3 is 2.33 bits per heavy atom. The van der Waals surface area contributed by atoms with Gasteiger partial charge >= 0.3 is 11.9 Å². The summed E-state index contributed by atoms with van der Waals surface area (Å²) in [5, 5.41) is 19.5. The number of carboxylic acids is 1. The van der Waals surface area contributed by atoms with Crippen molar-refractivity contribution in [2.75, 3.05) is 33.4 Å². The molecular weight excluding hydrogens is 546 g/mol. The highest BCUT2D eigenvalue weighted by molar-refractivity contribution is 6.01. The summed E-state index contributed by atoms with van der Waals surface area (Å²) in [4.78, 5) is 66.1. The topological polar surface area (TPSA) is 192 Å². The number of carboxylic acid groups (broad SMARTS) is 1. The molecule has 1 aliphatic heterocycles. The SMILES string of the molecule is C=CCOc1ccc(C[C@H](NC(=O)c2ccc(C(=N)N)cc2)C(=O)N2CCN(CC(=O)O)C(=O)[C@@H]2CC(=O)OC)cc1. The molecule has 5 N–H and O–H groups in total. The normalized spacial score (nSPS) is 15.4. The molecule has 222 valence electrons. The first-order valence-electron chi connectivity index (χ1n) is 13.0. The molecule has 2 aromatic rings. The number of rotatable bonds is 13. The van der Waals surface area contributed by atoms with Crippen molar-refractivity contribution in [2.45, 2.75) is 24.9 Å². The summed E-state index contributed by atoms with van der Waals surface area (Å²) in [7, 11) is 1.14. The van der Waals surface area contributed by atoms with Gasteiger partial charge in [-0.25, -0.2) is 0 Å². The van der Waals surface area contributed by atoms with Gasteiger partial charge in [-0.1, -0.05) is 36.9 Å². The number of carbonyl (C=O) groups excluding carboxylic acids is 4. The Balaban J connectivity index is 1.91. The monoisotopic (exact) mass is 579 g/mol. The number of nitrogens with two attached hydrogens (primary N) is 1. The van der Waals surface area contributed by atoms with Crippen molar-refractivity contribution < 1.29 is 38.6 Å². The van der Waals surface area contributed by atoms with E-state index >= 15 is 0 Å². The molecule has 0 aromatic heterocycles. The van der Waals surface area contributed by atoms with Crippen LogP contribution in [0.25, 0.3) is 0 Å². The average molecular weight is 580 g/mol. The van der Waals surface area contributed by atoms with Gasteiger partial charge in [0.15, 0.2) is 0 Å². The van der Waals surface area contributed by atoms with E-state index in [2.05, 4.69) is 11.9 Å². The average Bonchev–Trinajstić information content (AvgIpc) is 2.97. The molecule has 42 heavy (non-hydrogen) atoms. The van der Waals surface area contributed by atoms with Crippen LogP contribution in [0.2, 0.25) is 0 Å². The summed E-state index contributed by atoms with van der Waals surface area (Å²) < 4.78 is 10.2. The second kappa shape index (κ2) is 14.4. The third-order valence-corrected chi connectivity index (χ3v) is 6.57. The minimum absolute atomic E-state index is 0.0340. The standard InChI is InChI=1S/C29H33N5O8/c1-3-14-42-21-10-4-18(5-11-21)15-22(32-27(38)20-8-6-19(7-9-20)26(30)31)28(39)34-13-12-33(17-24(35)36)29(40)23(34)16-25(37)41-2/h3-11,22-23H,1,12-17H2,2H3,(H3,30,31)(H,32,38)(H,35,36)/t22-,23-/m0/s1. The Morgan fingerprint density at radius 1 is 1.12 bits per heavy atom. The summed E-state index contributed by atoms with van der Waals surface area (Å²) >= 11 is 0. The number of hydrogen-bond donors (Lipinski definition) is 4. The maximum absolute atomic E-state index is 14.0. The van der Waals surface area contributed by atoms with Crippen LogP contribution in [0.4, 0.5) is 0 Å². The first-order valence-corrected chi connectivity index (χ1v) is 13.0. The van der Waals surface area contributed by atoms with E-state index < -0.39 is 54.7 Å². The van der Waals surface area contributed by atoms with E-state index in [1.54, 1.807) is 30.3 Å². The molecule has 1 saturated heterocycles. The van der Waals surface area contributed by atoms with E-state index in [4.69, 9.17) is 20.6 Å². The fraction of sp³-hybridized carbons (Fsp3) is 0.310. The maximum Gasteiger partial charge on any atom is 0.323 e. The summed E-state index contributed by atoms with van der Waals surface area (Å²) in [6, 6.07) is 10.3. The molecule has 1 heterocycles. The van der Waals surface area contributed by atoms with Crippen molar-refractivity contribution in [3.05, 3.63) is 77.9 Å². The van der Waals surface area contributed by atoms with Gasteiger partial charge in [-0.2, -0.15) is 0 Å². The lowest BCUT2D eigenvalue weighted by atomic mass is 10.0. The number of amidine groups is 1. The van der Waals surface area contributed by atoms with Gasteiger partial charge in [0, 0.05) is 30.6 Å². The molecule has 2 aromatic carbocycles. The molecule has 0 spiro atoms. The largest absolute Gasteiger partial charge is 0.490 e. The minimum Gasteiger partial charge on any atom is -0.490 e. The second-order valence-electron chi connectivity index (χ2n) is 9.45. The predicted octanol–water partition coefficient (Wildman–Crippen LogP) is 0.564. The van der Waals surface area contributed by atoms with E-state index in [-0.39, 0.29) is 30.9 Å². The molecule has 1 fully saturated rings. The smallest absolute Gasteiger partial charge is 0.323 e. The molecule has 13 nitrogen and oxygen atoms in total. The predicted molar refractivity (Wildman–Crippen MR) is 151 cm³/mol. The van der Waals surface area contributed by atoms with E-state index in [1.165, 1.54) is 29.2 Å².